The molecule has 0 unspecified atom stereocenters. The fourth-order valence-corrected chi connectivity index (χ4v) is 1.74. The number of rotatable bonds is 8. The van der Waals surface area contributed by atoms with Gasteiger partial charge in [-0.05, 0) is 34.1 Å². The molecule has 0 radical (unpaired) electrons. The van der Waals surface area contributed by atoms with Crippen molar-refractivity contribution in [1.29, 1.82) is 0 Å². The van der Waals surface area contributed by atoms with Crippen LogP contribution in [0.5, 0.6) is 0 Å². The summed E-state index contributed by atoms with van der Waals surface area (Å²) in [6.45, 7) is 11.2. The van der Waals surface area contributed by atoms with Crippen LogP contribution >= 0.6 is 0 Å². The molecule has 0 saturated heterocycles. The van der Waals surface area contributed by atoms with Crippen molar-refractivity contribution < 1.29 is 19.1 Å². The Hall–Kier alpha value is -2.02. The van der Waals surface area contributed by atoms with E-state index in [0.29, 0.717) is 6.42 Å². The minimum absolute atomic E-state index is 0.0717. The summed E-state index contributed by atoms with van der Waals surface area (Å²) in [5.41, 5.74) is -0.394. The van der Waals surface area contributed by atoms with E-state index in [2.05, 4.69) is 18.4 Å². The Bertz CT molecular complexity index is 455. The molecule has 0 heterocycles. The second kappa shape index (κ2) is 10.7. The summed E-state index contributed by atoms with van der Waals surface area (Å²) in [5, 5.41) is 0. The van der Waals surface area contributed by atoms with Gasteiger partial charge in [-0.15, -0.1) is 12.5 Å². The van der Waals surface area contributed by atoms with Crippen LogP contribution in [0.25, 0.3) is 0 Å². The number of ether oxygens (including phenoxy) is 2. The lowest BCUT2D eigenvalue weighted by atomic mass is 9.80. The summed E-state index contributed by atoms with van der Waals surface area (Å²) in [5.74, 6) is 4.58. The van der Waals surface area contributed by atoms with Gasteiger partial charge in [0.2, 0.25) is 0 Å². The molecule has 0 atom stereocenters. The Labute approximate surface area is 133 Å². The van der Waals surface area contributed by atoms with Crippen LogP contribution in [-0.4, -0.2) is 25.2 Å². The first kappa shape index (κ1) is 20.0. The van der Waals surface area contributed by atoms with Crippen molar-refractivity contribution in [2.24, 2.45) is 5.41 Å². The summed E-state index contributed by atoms with van der Waals surface area (Å²) < 4.78 is 10.2. The molecule has 0 aliphatic carbocycles. The predicted octanol–water partition coefficient (Wildman–Crippen LogP) is 3.42. The fraction of sp³-hybridized carbons (Fsp3) is 0.556. The number of allylic oxidation sites excluding steroid dienone is 3. The topological polar surface area (TPSA) is 52.6 Å². The molecule has 0 aliphatic rings. The average molecular weight is 306 g/mol. The van der Waals surface area contributed by atoms with Gasteiger partial charge in [-0.25, -0.2) is 0 Å². The van der Waals surface area contributed by atoms with Gasteiger partial charge in [-0.2, -0.15) is 0 Å². The number of hydrogen-bond acceptors (Lipinski definition) is 4. The monoisotopic (exact) mass is 306 g/mol. The van der Waals surface area contributed by atoms with E-state index in [1.165, 1.54) is 0 Å². The number of hydrogen-bond donors (Lipinski definition) is 0. The van der Waals surface area contributed by atoms with Gasteiger partial charge in [-0.1, -0.05) is 23.6 Å². The first-order chi connectivity index (χ1) is 10.4. The van der Waals surface area contributed by atoms with E-state index in [1.807, 2.05) is 19.9 Å². The van der Waals surface area contributed by atoms with Crippen LogP contribution < -0.4 is 0 Å². The Kier molecular flexibility index (Phi) is 9.69. The molecule has 0 amide bonds. The summed E-state index contributed by atoms with van der Waals surface area (Å²) in [4.78, 5) is 24.8. The lowest BCUT2D eigenvalue weighted by Gasteiger charge is -2.26. The molecular formula is C18H26O4. The van der Waals surface area contributed by atoms with E-state index in [9.17, 15) is 9.59 Å². The van der Waals surface area contributed by atoms with E-state index >= 15 is 0 Å². The van der Waals surface area contributed by atoms with Crippen molar-refractivity contribution in [3.05, 3.63) is 24.3 Å². The highest BCUT2D eigenvalue weighted by Crippen LogP contribution is 2.31. The Balaban J connectivity index is 5.63. The van der Waals surface area contributed by atoms with Gasteiger partial charge in [0.25, 0.3) is 0 Å². The summed E-state index contributed by atoms with van der Waals surface area (Å²) in [6, 6.07) is 0. The molecule has 0 N–H and O–H groups in total. The van der Waals surface area contributed by atoms with Gasteiger partial charge >= 0.3 is 11.9 Å². The lowest BCUT2D eigenvalue weighted by molar-refractivity contribution is -0.171. The molecular weight excluding hydrogens is 280 g/mol. The standard InChI is InChI=1S/C18H26O4/c1-6-9-10-11-13-18(14-12-15(4)5,16(19)21-7-2)17(20)22-8-3/h6,12H,1,7-9,13-14H2,2-5H3. The third-order valence-corrected chi connectivity index (χ3v) is 2.95. The van der Waals surface area contributed by atoms with Crippen molar-refractivity contribution in [3.8, 4) is 11.8 Å². The molecule has 0 spiro atoms. The smallest absolute Gasteiger partial charge is 0.324 e. The summed E-state index contributed by atoms with van der Waals surface area (Å²) >= 11 is 0. The Morgan fingerprint density at radius 1 is 1.09 bits per heavy atom. The largest absolute Gasteiger partial charge is 0.465 e. The Morgan fingerprint density at radius 2 is 1.64 bits per heavy atom. The molecule has 0 aliphatic heterocycles. The maximum Gasteiger partial charge on any atom is 0.324 e. The van der Waals surface area contributed by atoms with Crippen LogP contribution in [0, 0.1) is 17.3 Å². The molecule has 0 rings (SSSR count). The molecule has 22 heavy (non-hydrogen) atoms. The highest BCUT2D eigenvalue weighted by atomic mass is 16.6. The number of carbonyl (C=O) groups is 2. The molecule has 0 aromatic carbocycles. The minimum atomic E-state index is -1.41. The maximum atomic E-state index is 12.4. The molecule has 4 nitrogen and oxygen atoms in total. The van der Waals surface area contributed by atoms with E-state index in [1.54, 1.807) is 19.9 Å². The van der Waals surface area contributed by atoms with Gasteiger partial charge in [-0.3, -0.25) is 9.59 Å². The van der Waals surface area contributed by atoms with Gasteiger partial charge in [0.15, 0.2) is 5.41 Å². The van der Waals surface area contributed by atoms with E-state index in [4.69, 9.17) is 9.47 Å². The second-order valence-electron chi connectivity index (χ2n) is 5.03. The van der Waals surface area contributed by atoms with Crippen LogP contribution in [0.2, 0.25) is 0 Å². The van der Waals surface area contributed by atoms with Crippen LogP contribution in [-0.2, 0) is 19.1 Å². The molecule has 0 aromatic heterocycles. The zero-order valence-electron chi connectivity index (χ0n) is 14.0. The van der Waals surface area contributed by atoms with Crippen LogP contribution in [0.4, 0.5) is 0 Å². The minimum Gasteiger partial charge on any atom is -0.465 e. The van der Waals surface area contributed by atoms with Gasteiger partial charge < -0.3 is 9.47 Å². The molecule has 0 bridgehead atoms. The Morgan fingerprint density at radius 3 is 2.05 bits per heavy atom. The highest BCUT2D eigenvalue weighted by molar-refractivity contribution is 6.00. The van der Waals surface area contributed by atoms with Crippen molar-refractivity contribution >= 4 is 11.9 Å². The highest BCUT2D eigenvalue weighted by Gasteiger charge is 2.47. The third-order valence-electron chi connectivity index (χ3n) is 2.95. The van der Waals surface area contributed by atoms with Crippen molar-refractivity contribution in [3.63, 3.8) is 0 Å². The van der Waals surface area contributed by atoms with Crippen molar-refractivity contribution in [1.82, 2.24) is 0 Å². The van der Waals surface area contributed by atoms with Crippen LogP contribution in [0.1, 0.15) is 47.0 Å². The van der Waals surface area contributed by atoms with Gasteiger partial charge in [0, 0.05) is 12.8 Å². The number of carbonyl (C=O) groups excluding carboxylic acids is 2. The first-order valence-electron chi connectivity index (χ1n) is 7.49. The second-order valence-corrected chi connectivity index (χ2v) is 5.03. The predicted molar refractivity (Wildman–Crippen MR) is 87.0 cm³/mol. The normalized spacial score (nSPS) is 10.0. The average Bonchev–Trinajstić information content (AvgIpc) is 2.47. The van der Waals surface area contributed by atoms with Gasteiger partial charge in [0.1, 0.15) is 0 Å². The van der Waals surface area contributed by atoms with Crippen LogP contribution in [0.15, 0.2) is 24.3 Å². The van der Waals surface area contributed by atoms with E-state index in [-0.39, 0.29) is 26.1 Å². The third kappa shape index (κ3) is 6.17. The quantitative estimate of drug-likeness (QED) is 0.298. The lowest BCUT2D eigenvalue weighted by Crippen LogP contribution is -2.41. The van der Waals surface area contributed by atoms with Crippen molar-refractivity contribution in [2.75, 3.05) is 13.2 Å². The molecule has 0 fully saturated rings. The first-order valence-corrected chi connectivity index (χ1v) is 7.49. The molecule has 122 valence electrons. The van der Waals surface area contributed by atoms with Crippen LogP contribution in [0.3, 0.4) is 0 Å². The van der Waals surface area contributed by atoms with E-state index < -0.39 is 17.4 Å². The number of esters is 2. The SMILES string of the molecule is C=CCC#CCC(CC=C(C)C)(C(=O)OCC)C(=O)OCC. The molecule has 0 aromatic rings. The fourth-order valence-electron chi connectivity index (χ4n) is 1.74. The van der Waals surface area contributed by atoms with E-state index in [0.717, 1.165) is 5.57 Å². The molecule has 4 heteroatoms. The van der Waals surface area contributed by atoms with Gasteiger partial charge in [0.05, 0.1) is 13.2 Å². The maximum absolute atomic E-state index is 12.4. The zero-order valence-corrected chi connectivity index (χ0v) is 14.0. The molecule has 0 saturated carbocycles. The summed E-state index contributed by atoms with van der Waals surface area (Å²) in [7, 11) is 0. The summed E-state index contributed by atoms with van der Waals surface area (Å²) in [6.07, 6.45) is 4.30. The zero-order chi connectivity index (χ0) is 17.0. The van der Waals surface area contributed by atoms with Crippen molar-refractivity contribution in [2.45, 2.75) is 47.0 Å².